The molecular weight excluding hydrogens is 223 g/mol. The highest BCUT2D eigenvalue weighted by Gasteiger charge is 2.17. The van der Waals surface area contributed by atoms with Crippen LogP contribution in [0.4, 0.5) is 0 Å². The summed E-state index contributed by atoms with van der Waals surface area (Å²) >= 11 is 0. The maximum absolute atomic E-state index is 12.0. The molecule has 0 spiro atoms. The molecule has 0 aliphatic rings. The molecule has 0 aliphatic carbocycles. The van der Waals surface area contributed by atoms with Crippen LogP contribution in [0.5, 0.6) is 0 Å². The summed E-state index contributed by atoms with van der Waals surface area (Å²) in [4.78, 5) is 11.3. The van der Waals surface area contributed by atoms with Crippen LogP contribution < -0.4 is 0 Å². The van der Waals surface area contributed by atoms with Crippen LogP contribution in [-0.4, -0.2) is 31.1 Å². The van der Waals surface area contributed by atoms with Gasteiger partial charge in [-0.25, -0.2) is 0 Å². The second kappa shape index (κ2) is 8.81. The second-order valence-corrected chi connectivity index (χ2v) is 7.92. The third-order valence-electron chi connectivity index (χ3n) is 2.86. The zero-order valence-corrected chi connectivity index (χ0v) is 11.7. The van der Waals surface area contributed by atoms with Crippen molar-refractivity contribution in [3.8, 4) is 0 Å². The van der Waals surface area contributed by atoms with Crippen LogP contribution in [0.25, 0.3) is 0 Å². The molecule has 0 rings (SSSR count). The van der Waals surface area contributed by atoms with Crippen molar-refractivity contribution in [2.24, 2.45) is 0 Å². The van der Waals surface area contributed by atoms with E-state index in [1.165, 1.54) is 0 Å². The Bertz CT molecular complexity index is 230. The number of unbranched alkanes of at least 4 members (excludes halogenated alkanes) is 1. The van der Waals surface area contributed by atoms with Gasteiger partial charge in [-0.3, -0.25) is 4.79 Å². The Kier molecular flexibility index (Phi) is 8.64. The van der Waals surface area contributed by atoms with Crippen molar-refractivity contribution >= 4 is 13.1 Å². The Hall–Kier alpha value is -0.300. The van der Waals surface area contributed by atoms with Crippen LogP contribution in [0.15, 0.2) is 0 Å². The number of esters is 1. The molecule has 0 aromatic heterocycles. The van der Waals surface area contributed by atoms with E-state index in [2.05, 4.69) is 6.92 Å². The first kappa shape index (κ1) is 15.7. The highest BCUT2D eigenvalue weighted by atomic mass is 31.2. The number of carbonyl (C=O) groups excluding carboxylic acids is 1. The van der Waals surface area contributed by atoms with E-state index >= 15 is 0 Å². The lowest BCUT2D eigenvalue weighted by molar-refractivity contribution is -0.143. The molecule has 0 N–H and O–H groups in total. The van der Waals surface area contributed by atoms with Crippen LogP contribution in [-0.2, 0) is 14.1 Å². The van der Waals surface area contributed by atoms with Gasteiger partial charge in [0.05, 0.1) is 13.7 Å². The summed E-state index contributed by atoms with van der Waals surface area (Å²) in [6.07, 6.45) is 5.24. The monoisotopic (exact) mass is 248 g/mol. The normalized spacial score (nSPS) is 11.4. The molecule has 0 radical (unpaired) electrons. The lowest BCUT2D eigenvalue weighted by Gasteiger charge is -2.13. The highest BCUT2D eigenvalue weighted by molar-refractivity contribution is 7.63. The molecule has 96 valence electrons. The Morgan fingerprint density at radius 1 is 1.12 bits per heavy atom. The zero-order valence-electron chi connectivity index (χ0n) is 10.8. The van der Waals surface area contributed by atoms with Crippen molar-refractivity contribution in [1.29, 1.82) is 0 Å². The van der Waals surface area contributed by atoms with E-state index in [4.69, 9.17) is 4.74 Å². The predicted octanol–water partition coefficient (Wildman–Crippen LogP) is 3.51. The molecule has 0 fully saturated rings. The molecule has 0 saturated heterocycles. The maximum Gasteiger partial charge on any atom is 0.305 e. The highest BCUT2D eigenvalue weighted by Crippen LogP contribution is 2.45. The van der Waals surface area contributed by atoms with Crippen molar-refractivity contribution in [3.05, 3.63) is 0 Å². The van der Waals surface area contributed by atoms with Gasteiger partial charge in [0.25, 0.3) is 0 Å². The number of rotatable bonds is 9. The fourth-order valence-electron chi connectivity index (χ4n) is 1.45. The van der Waals surface area contributed by atoms with Gasteiger partial charge in [0, 0.05) is 12.6 Å². The minimum atomic E-state index is -1.98. The van der Waals surface area contributed by atoms with Gasteiger partial charge in [-0.1, -0.05) is 27.2 Å². The van der Waals surface area contributed by atoms with E-state index < -0.39 is 7.14 Å². The average molecular weight is 248 g/mol. The fourth-order valence-corrected chi connectivity index (χ4v) is 3.27. The first-order valence-electron chi connectivity index (χ1n) is 6.30. The molecule has 0 aromatic carbocycles. The van der Waals surface area contributed by atoms with Gasteiger partial charge in [-0.05, 0) is 25.2 Å². The summed E-state index contributed by atoms with van der Waals surface area (Å²) in [5.41, 5.74) is 0. The van der Waals surface area contributed by atoms with Gasteiger partial charge in [-0.2, -0.15) is 0 Å². The van der Waals surface area contributed by atoms with Crippen LogP contribution in [0, 0.1) is 0 Å². The average Bonchev–Trinajstić information content (AvgIpc) is 2.29. The molecule has 0 aromatic rings. The van der Waals surface area contributed by atoms with E-state index in [-0.39, 0.29) is 5.97 Å². The van der Waals surface area contributed by atoms with Crippen LogP contribution in [0.2, 0.25) is 0 Å². The summed E-state index contributed by atoms with van der Waals surface area (Å²) in [6.45, 7) is 6.51. The van der Waals surface area contributed by atoms with Crippen molar-refractivity contribution in [2.45, 2.75) is 46.5 Å². The number of carbonyl (C=O) groups is 1. The quantitative estimate of drug-likeness (QED) is 0.356. The van der Waals surface area contributed by atoms with Crippen molar-refractivity contribution in [3.63, 3.8) is 0 Å². The largest absolute Gasteiger partial charge is 0.466 e. The smallest absolute Gasteiger partial charge is 0.305 e. The van der Waals surface area contributed by atoms with Gasteiger partial charge in [0.1, 0.15) is 0 Å². The van der Waals surface area contributed by atoms with E-state index in [9.17, 15) is 9.36 Å². The number of ether oxygens (including phenoxy) is 1. The summed E-state index contributed by atoms with van der Waals surface area (Å²) in [7, 11) is -1.98. The lowest BCUT2D eigenvalue weighted by Crippen LogP contribution is -2.07. The van der Waals surface area contributed by atoms with Gasteiger partial charge < -0.3 is 9.30 Å². The van der Waals surface area contributed by atoms with Crippen molar-refractivity contribution in [1.82, 2.24) is 0 Å². The molecule has 0 heterocycles. The molecule has 4 heteroatoms. The van der Waals surface area contributed by atoms with Gasteiger partial charge in [0.15, 0.2) is 0 Å². The Labute approximate surface area is 99.3 Å². The molecule has 0 bridgehead atoms. The molecule has 16 heavy (non-hydrogen) atoms. The van der Waals surface area contributed by atoms with Crippen molar-refractivity contribution < 1.29 is 14.1 Å². The van der Waals surface area contributed by atoms with E-state index in [0.29, 0.717) is 25.6 Å². The first-order valence-corrected chi connectivity index (χ1v) is 8.57. The van der Waals surface area contributed by atoms with Crippen LogP contribution >= 0.6 is 7.14 Å². The zero-order chi connectivity index (χ0) is 12.4. The van der Waals surface area contributed by atoms with Crippen LogP contribution in [0.1, 0.15) is 46.5 Å². The predicted molar refractivity (Wildman–Crippen MR) is 68.7 cm³/mol. The number of hydrogen-bond donors (Lipinski definition) is 0. The third kappa shape index (κ3) is 7.05. The Balaban J connectivity index is 3.65. The first-order chi connectivity index (χ1) is 7.58. The molecule has 0 saturated carbocycles. The lowest BCUT2D eigenvalue weighted by atomic mass is 10.3. The molecule has 0 unspecified atom stereocenters. The van der Waals surface area contributed by atoms with E-state index in [0.717, 1.165) is 25.2 Å². The number of hydrogen-bond acceptors (Lipinski definition) is 3. The summed E-state index contributed by atoms with van der Waals surface area (Å²) in [6, 6.07) is 0. The minimum absolute atomic E-state index is 0.146. The SMILES string of the molecule is CCCCOC(=O)CCCP(=O)(CC)CC. The molecule has 3 nitrogen and oxygen atoms in total. The van der Waals surface area contributed by atoms with Gasteiger partial charge >= 0.3 is 5.97 Å². The molecule has 0 atom stereocenters. The summed E-state index contributed by atoms with van der Waals surface area (Å²) < 4.78 is 17.1. The van der Waals surface area contributed by atoms with Gasteiger partial charge in [-0.15, -0.1) is 0 Å². The summed E-state index contributed by atoms with van der Waals surface area (Å²) in [5.74, 6) is -0.146. The topological polar surface area (TPSA) is 43.4 Å². The van der Waals surface area contributed by atoms with E-state index in [1.807, 2.05) is 13.8 Å². The van der Waals surface area contributed by atoms with Gasteiger partial charge in [0.2, 0.25) is 0 Å². The minimum Gasteiger partial charge on any atom is -0.466 e. The Morgan fingerprint density at radius 3 is 2.25 bits per heavy atom. The standard InChI is InChI=1S/C12H25O3P/c1-4-7-10-15-12(13)9-8-11-16(14,5-2)6-3/h4-11H2,1-3H3. The molecule has 0 aliphatic heterocycles. The van der Waals surface area contributed by atoms with E-state index in [1.54, 1.807) is 0 Å². The summed E-state index contributed by atoms with van der Waals surface area (Å²) in [5, 5.41) is 0. The third-order valence-corrected chi connectivity index (χ3v) is 6.30. The molecule has 0 amide bonds. The maximum atomic E-state index is 12.0. The Morgan fingerprint density at radius 2 is 1.75 bits per heavy atom. The molecular formula is C12H25O3P. The fraction of sp³-hybridized carbons (Fsp3) is 0.917. The van der Waals surface area contributed by atoms with Crippen LogP contribution in [0.3, 0.4) is 0 Å². The second-order valence-electron chi connectivity index (χ2n) is 4.09. The van der Waals surface area contributed by atoms with Crippen molar-refractivity contribution in [2.75, 3.05) is 25.1 Å².